The number of rotatable bonds is 4. The third kappa shape index (κ3) is 4.36. The fourth-order valence-electron chi connectivity index (χ4n) is 4.84. The van der Waals surface area contributed by atoms with Crippen molar-refractivity contribution in [1.82, 2.24) is 4.98 Å². The van der Waals surface area contributed by atoms with Crippen molar-refractivity contribution in [3.63, 3.8) is 0 Å². The maximum absolute atomic E-state index is 14.9. The number of pyridine rings is 1. The number of hydrogen-bond donors (Lipinski definition) is 3. The van der Waals surface area contributed by atoms with E-state index in [1.54, 1.807) is 24.4 Å². The molecule has 1 aliphatic heterocycles. The van der Waals surface area contributed by atoms with Crippen molar-refractivity contribution in [1.29, 1.82) is 5.26 Å². The van der Waals surface area contributed by atoms with Crippen LogP contribution in [0.4, 0.5) is 18.9 Å². The van der Waals surface area contributed by atoms with Gasteiger partial charge in [0.15, 0.2) is 11.6 Å². The summed E-state index contributed by atoms with van der Waals surface area (Å²) in [6.45, 7) is 0.626. The first kappa shape index (κ1) is 25.3. The second kappa shape index (κ2) is 9.85. The Labute approximate surface area is 216 Å². The number of phenolic OH excluding ortho intramolecular Hbond substituents is 1. The van der Waals surface area contributed by atoms with Crippen LogP contribution in [0.2, 0.25) is 0 Å². The lowest BCUT2D eigenvalue weighted by Crippen LogP contribution is -2.50. The molecular formula is C28H23F3N4O3. The van der Waals surface area contributed by atoms with Gasteiger partial charge in [0.1, 0.15) is 23.4 Å². The van der Waals surface area contributed by atoms with E-state index in [1.165, 1.54) is 31.4 Å². The lowest BCUT2D eigenvalue weighted by molar-refractivity contribution is 0.132. The quantitative estimate of drug-likeness (QED) is 0.364. The van der Waals surface area contributed by atoms with Crippen molar-refractivity contribution >= 4 is 16.6 Å². The SMILES string of the molecule is COc1cc(F)cc(-c2cnc3ccc(-c4c(O)c(C#N)cc(F)c4F)cc3c2N2CC[C@H](N)[C@H](O)C2)c1. The van der Waals surface area contributed by atoms with Crippen LogP contribution >= 0.6 is 0 Å². The van der Waals surface area contributed by atoms with Crippen LogP contribution in [-0.4, -0.2) is 47.5 Å². The number of phenols is 1. The molecule has 7 nitrogen and oxygen atoms in total. The number of nitriles is 1. The second-order valence-electron chi connectivity index (χ2n) is 9.15. The number of piperidine rings is 1. The standard InChI is InChI=1S/C28H23F3N4O3/c1-38-18-7-15(6-17(29)10-18)20-12-34-23-3-2-14(25-26(31)21(30)9-16(11-32)28(25)37)8-19(23)27(20)35-5-4-22(33)24(36)13-35/h2-3,6-10,12,22,24,36-37H,4-5,13,33H2,1H3/t22-,24+/m0/s1. The number of nitrogens with two attached hydrogens (primary N) is 1. The minimum absolute atomic E-state index is 0.106. The smallest absolute Gasteiger partial charge is 0.170 e. The summed E-state index contributed by atoms with van der Waals surface area (Å²) in [5.41, 5.74) is 7.26. The summed E-state index contributed by atoms with van der Waals surface area (Å²) in [5, 5.41) is 30.9. The Morgan fingerprint density at radius 2 is 1.92 bits per heavy atom. The topological polar surface area (TPSA) is 116 Å². The van der Waals surface area contributed by atoms with E-state index < -0.39 is 46.5 Å². The van der Waals surface area contributed by atoms with Gasteiger partial charge in [0.05, 0.1) is 35.5 Å². The van der Waals surface area contributed by atoms with Gasteiger partial charge in [-0.05, 0) is 47.9 Å². The highest BCUT2D eigenvalue weighted by molar-refractivity contribution is 6.02. The fraction of sp³-hybridized carbons (Fsp3) is 0.214. The van der Waals surface area contributed by atoms with E-state index in [1.807, 2.05) is 4.90 Å². The van der Waals surface area contributed by atoms with Crippen LogP contribution in [0.3, 0.4) is 0 Å². The molecule has 0 bridgehead atoms. The van der Waals surface area contributed by atoms with Crippen molar-refractivity contribution in [2.24, 2.45) is 5.73 Å². The maximum Gasteiger partial charge on any atom is 0.170 e. The molecule has 2 heterocycles. The average molecular weight is 521 g/mol. The number of nitrogens with zero attached hydrogens (tertiary/aromatic N) is 3. The average Bonchev–Trinajstić information content (AvgIpc) is 2.91. The van der Waals surface area contributed by atoms with Gasteiger partial charge < -0.3 is 25.6 Å². The Bertz CT molecular complexity index is 1610. The Balaban J connectivity index is 1.80. The van der Waals surface area contributed by atoms with Crippen molar-refractivity contribution in [2.75, 3.05) is 25.1 Å². The van der Waals surface area contributed by atoms with Crippen LogP contribution in [0.1, 0.15) is 12.0 Å². The highest BCUT2D eigenvalue weighted by Crippen LogP contribution is 2.42. The molecule has 1 aromatic heterocycles. The van der Waals surface area contributed by atoms with Crippen LogP contribution in [0.5, 0.6) is 11.5 Å². The largest absolute Gasteiger partial charge is 0.506 e. The van der Waals surface area contributed by atoms with E-state index in [9.17, 15) is 28.6 Å². The summed E-state index contributed by atoms with van der Waals surface area (Å²) < 4.78 is 48.9. The van der Waals surface area contributed by atoms with E-state index in [-0.39, 0.29) is 17.9 Å². The predicted octanol–water partition coefficient (Wildman–Crippen LogP) is 4.47. The van der Waals surface area contributed by atoms with E-state index in [0.29, 0.717) is 46.7 Å². The molecule has 0 unspecified atom stereocenters. The number of hydrogen-bond acceptors (Lipinski definition) is 7. The third-order valence-electron chi connectivity index (χ3n) is 6.81. The molecule has 38 heavy (non-hydrogen) atoms. The van der Waals surface area contributed by atoms with Crippen molar-refractivity contribution in [3.8, 4) is 39.8 Å². The van der Waals surface area contributed by atoms with Gasteiger partial charge in [0.2, 0.25) is 0 Å². The van der Waals surface area contributed by atoms with Gasteiger partial charge in [-0.25, -0.2) is 13.2 Å². The van der Waals surface area contributed by atoms with Crippen LogP contribution in [0, 0.1) is 28.8 Å². The summed E-state index contributed by atoms with van der Waals surface area (Å²) in [7, 11) is 1.42. The zero-order valence-electron chi connectivity index (χ0n) is 20.3. The number of methoxy groups -OCH3 is 1. The van der Waals surface area contributed by atoms with Gasteiger partial charge in [-0.1, -0.05) is 6.07 Å². The number of anilines is 1. The molecule has 0 saturated carbocycles. The van der Waals surface area contributed by atoms with E-state index in [4.69, 9.17) is 10.5 Å². The number of halogens is 3. The third-order valence-corrected chi connectivity index (χ3v) is 6.81. The first-order valence-corrected chi connectivity index (χ1v) is 11.8. The molecular weight excluding hydrogens is 497 g/mol. The molecule has 5 rings (SSSR count). The predicted molar refractivity (Wildman–Crippen MR) is 136 cm³/mol. The molecule has 4 aromatic rings. The number of ether oxygens (including phenoxy) is 1. The van der Waals surface area contributed by atoms with Gasteiger partial charge >= 0.3 is 0 Å². The van der Waals surface area contributed by atoms with Crippen LogP contribution in [0.25, 0.3) is 33.2 Å². The van der Waals surface area contributed by atoms with Crippen LogP contribution in [-0.2, 0) is 0 Å². The summed E-state index contributed by atoms with van der Waals surface area (Å²) in [5.74, 6) is -3.51. The lowest BCUT2D eigenvalue weighted by Gasteiger charge is -2.37. The van der Waals surface area contributed by atoms with E-state index in [2.05, 4.69) is 4.98 Å². The number of aliphatic hydroxyl groups is 1. The van der Waals surface area contributed by atoms with Crippen molar-refractivity contribution < 1.29 is 28.1 Å². The molecule has 0 spiro atoms. The normalized spacial score (nSPS) is 17.4. The number of aromatic hydroxyl groups is 1. The molecule has 1 saturated heterocycles. The molecule has 194 valence electrons. The molecule has 0 amide bonds. The molecule has 1 aliphatic rings. The molecule has 1 fully saturated rings. The van der Waals surface area contributed by atoms with Gasteiger partial charge in [0, 0.05) is 42.3 Å². The Morgan fingerprint density at radius 1 is 1.13 bits per heavy atom. The fourth-order valence-corrected chi connectivity index (χ4v) is 4.84. The van der Waals surface area contributed by atoms with Gasteiger partial charge in [-0.2, -0.15) is 5.26 Å². The molecule has 2 atom stereocenters. The minimum Gasteiger partial charge on any atom is -0.506 e. The number of β-amino-alcohol motifs (C(OH)–C–C–N with tert-alkyl or cyclic N) is 1. The number of benzene rings is 3. The highest BCUT2D eigenvalue weighted by atomic mass is 19.2. The number of aliphatic hydroxyl groups excluding tert-OH is 1. The van der Waals surface area contributed by atoms with Gasteiger partial charge in [-0.15, -0.1) is 0 Å². The highest BCUT2D eigenvalue weighted by Gasteiger charge is 2.29. The maximum atomic E-state index is 14.9. The molecule has 3 aromatic carbocycles. The Morgan fingerprint density at radius 3 is 2.63 bits per heavy atom. The molecule has 0 aliphatic carbocycles. The first-order chi connectivity index (χ1) is 18.2. The summed E-state index contributed by atoms with van der Waals surface area (Å²) in [6.07, 6.45) is 1.20. The minimum atomic E-state index is -1.30. The zero-order chi connectivity index (χ0) is 27.1. The number of aromatic nitrogens is 1. The van der Waals surface area contributed by atoms with Crippen LogP contribution < -0.4 is 15.4 Å². The van der Waals surface area contributed by atoms with E-state index in [0.717, 1.165) is 0 Å². The molecule has 4 N–H and O–H groups in total. The monoisotopic (exact) mass is 520 g/mol. The van der Waals surface area contributed by atoms with Crippen LogP contribution in [0.15, 0.2) is 48.7 Å². The van der Waals surface area contributed by atoms with Gasteiger partial charge in [0.25, 0.3) is 0 Å². The Kier molecular flexibility index (Phi) is 6.57. The summed E-state index contributed by atoms with van der Waals surface area (Å²) >= 11 is 0. The lowest BCUT2D eigenvalue weighted by atomic mass is 9.94. The summed E-state index contributed by atoms with van der Waals surface area (Å²) in [6, 6.07) is 10.6. The van der Waals surface area contributed by atoms with E-state index >= 15 is 0 Å². The number of fused-ring (bicyclic) bond motifs is 1. The Hall–Kier alpha value is -4.33. The van der Waals surface area contributed by atoms with Crippen molar-refractivity contribution in [3.05, 3.63) is 71.7 Å². The second-order valence-corrected chi connectivity index (χ2v) is 9.15. The van der Waals surface area contributed by atoms with Crippen molar-refractivity contribution in [2.45, 2.75) is 18.6 Å². The molecule has 10 heteroatoms. The van der Waals surface area contributed by atoms with Gasteiger partial charge in [-0.3, -0.25) is 4.98 Å². The zero-order valence-corrected chi connectivity index (χ0v) is 20.3. The summed E-state index contributed by atoms with van der Waals surface area (Å²) in [4.78, 5) is 6.39. The molecule has 0 radical (unpaired) electrons. The first-order valence-electron chi connectivity index (χ1n) is 11.8.